The van der Waals surface area contributed by atoms with Crippen molar-refractivity contribution in [3.05, 3.63) is 123 Å². The number of benzene rings is 3. The van der Waals surface area contributed by atoms with Gasteiger partial charge in [0.1, 0.15) is 28.9 Å². The van der Waals surface area contributed by atoms with Gasteiger partial charge in [-0.05, 0) is 91.6 Å². The lowest BCUT2D eigenvalue weighted by molar-refractivity contribution is -0.377. The van der Waals surface area contributed by atoms with Crippen LogP contribution in [-0.2, 0) is 32.0 Å². The fourth-order valence-corrected chi connectivity index (χ4v) is 7.62. The number of nitrogens with zero attached hydrogens (tertiary/aromatic N) is 1. The Morgan fingerprint density at radius 3 is 2.29 bits per heavy atom. The predicted molar refractivity (Wildman–Crippen MR) is 206 cm³/mol. The van der Waals surface area contributed by atoms with E-state index in [1.165, 1.54) is 36.7 Å². The number of piperidine rings is 3. The summed E-state index contributed by atoms with van der Waals surface area (Å²) in [7, 11) is 0. The quantitative estimate of drug-likeness (QED) is 0.0874. The van der Waals surface area contributed by atoms with Crippen molar-refractivity contribution in [1.82, 2.24) is 10.2 Å². The van der Waals surface area contributed by atoms with Crippen LogP contribution in [0.4, 0.5) is 13.6 Å². The molecule has 308 valence electrons. The number of aromatic nitrogens is 1. The molecule has 3 aliphatic heterocycles. The third-order valence-corrected chi connectivity index (χ3v) is 11.1. The van der Waals surface area contributed by atoms with Crippen molar-refractivity contribution >= 4 is 41.2 Å². The number of H-pyrrole nitrogens is 1. The van der Waals surface area contributed by atoms with Gasteiger partial charge in [0.15, 0.2) is 29.9 Å². The van der Waals surface area contributed by atoms with Gasteiger partial charge in [-0.2, -0.15) is 8.78 Å². The van der Waals surface area contributed by atoms with E-state index >= 15 is 0 Å². The minimum absolute atomic E-state index is 0. The van der Waals surface area contributed by atoms with Gasteiger partial charge in [-0.1, -0.05) is 71.7 Å². The van der Waals surface area contributed by atoms with Crippen LogP contribution in [-0.4, -0.2) is 67.4 Å². The maximum absolute atomic E-state index is 13.8. The van der Waals surface area contributed by atoms with Gasteiger partial charge < -0.3 is 34.5 Å². The zero-order valence-corrected chi connectivity index (χ0v) is 32.8. The van der Waals surface area contributed by atoms with E-state index in [4.69, 9.17) is 46.9 Å². The van der Waals surface area contributed by atoms with Crippen LogP contribution in [0.15, 0.2) is 85.2 Å². The summed E-state index contributed by atoms with van der Waals surface area (Å²) in [5, 5.41) is 3.26. The Balaban J connectivity index is 0.00000567. The van der Waals surface area contributed by atoms with Crippen LogP contribution in [0.25, 0.3) is 0 Å². The third-order valence-electron chi connectivity index (χ3n) is 10.4. The minimum atomic E-state index is -3.07. The molecule has 12 nitrogen and oxygen atoms in total. The van der Waals surface area contributed by atoms with Crippen molar-refractivity contribution < 1.29 is 57.3 Å². The van der Waals surface area contributed by atoms with E-state index in [1.54, 1.807) is 42.5 Å². The van der Waals surface area contributed by atoms with Crippen LogP contribution < -0.4 is 19.8 Å². The first kappa shape index (κ1) is 42.6. The number of fused-ring (bicyclic) bond motifs is 3. The number of ether oxygens (including phenoxy) is 5. The van der Waals surface area contributed by atoms with E-state index < -0.39 is 36.8 Å². The molecule has 2 bridgehead atoms. The molecule has 4 heterocycles. The molecule has 58 heavy (non-hydrogen) atoms. The molecular weight excluding hydrogens is 799 g/mol. The molecule has 1 unspecified atom stereocenters. The topological polar surface area (TPSA) is 157 Å². The molecule has 1 aromatic heterocycles. The smallest absolute Gasteiger partial charge is 0.408 e. The summed E-state index contributed by atoms with van der Waals surface area (Å²) < 4.78 is 54.7. The molecule has 4 fully saturated rings. The molecule has 1 amide bonds. The first-order chi connectivity index (χ1) is 27.6. The van der Waals surface area contributed by atoms with E-state index in [-0.39, 0.29) is 41.7 Å². The molecule has 4 aliphatic rings. The van der Waals surface area contributed by atoms with Gasteiger partial charge in [-0.3, -0.25) is 4.90 Å². The molecule has 3 N–H and O–H groups in total. The summed E-state index contributed by atoms with van der Waals surface area (Å²) in [6, 6.07) is 18.4. The number of halogens is 4. The largest absolute Gasteiger partial charge is 0.870 e. The van der Waals surface area contributed by atoms with Gasteiger partial charge in [-0.15, -0.1) is 0 Å². The molecule has 3 atom stereocenters. The van der Waals surface area contributed by atoms with Crippen molar-refractivity contribution in [3.63, 3.8) is 0 Å². The number of nitrogens with one attached hydrogen (secondary N) is 2. The first-order valence-electron chi connectivity index (χ1n) is 18.9. The van der Waals surface area contributed by atoms with E-state index in [0.29, 0.717) is 57.3 Å². The average Bonchev–Trinajstić information content (AvgIpc) is 4.05. The van der Waals surface area contributed by atoms with Gasteiger partial charge in [0, 0.05) is 18.5 Å². The van der Waals surface area contributed by atoms with Crippen LogP contribution >= 0.6 is 23.2 Å². The molecule has 1 saturated carbocycles. The lowest BCUT2D eigenvalue weighted by Crippen LogP contribution is -2.52. The zero-order chi connectivity index (χ0) is 39.9. The highest BCUT2D eigenvalue weighted by Gasteiger charge is 2.38. The molecule has 4 aromatic rings. The minimum Gasteiger partial charge on any atom is -0.870 e. The SMILES string of the molecule is O=C(NC(C(=O)O[C@H]1CN2CCC1CC2)c1ccccc1)OCc1cccc(C(=O)O[C@@H](Cc2c(Cl)c[nH+]cc2Cl)c2ccc(OC(F)F)c(OCC3CC3)c2)c1.[OH-]. The number of rotatable bonds is 16. The number of hydrogen-bond donors (Lipinski definition) is 1. The van der Waals surface area contributed by atoms with Crippen molar-refractivity contribution in [2.45, 2.75) is 63.6 Å². The number of amides is 1. The highest BCUT2D eigenvalue weighted by molar-refractivity contribution is 6.35. The number of esters is 2. The van der Waals surface area contributed by atoms with E-state index in [2.05, 4.69) is 15.2 Å². The van der Waals surface area contributed by atoms with Crippen LogP contribution in [0, 0.1) is 11.8 Å². The van der Waals surface area contributed by atoms with Gasteiger partial charge in [-0.25, -0.2) is 19.4 Å². The summed E-state index contributed by atoms with van der Waals surface area (Å²) in [5.74, 6) is -0.745. The number of pyridine rings is 1. The zero-order valence-electron chi connectivity index (χ0n) is 31.3. The Hall–Kier alpha value is -5.02. The fourth-order valence-electron chi connectivity index (χ4n) is 7.09. The molecule has 3 saturated heterocycles. The molecule has 3 aromatic carbocycles. The molecule has 8 rings (SSSR count). The fraction of sp³-hybridized carbons (Fsp3) is 0.381. The van der Waals surface area contributed by atoms with Crippen molar-refractivity contribution in [3.8, 4) is 11.5 Å². The molecule has 0 radical (unpaired) electrons. The summed E-state index contributed by atoms with van der Waals surface area (Å²) in [6.07, 6.45) is 4.89. The standard InChI is InChI=1S/C42H41Cl2F2N3O8.H2O/c43-32-20-47-21-33(44)31(32)19-35(29-11-12-34(57-41(45)46)36(18-29)53-23-25-9-10-25)55-39(50)30-8-4-5-26(17-30)24-54-42(52)48-38(28-6-2-1-3-7-28)40(51)56-37-22-49-15-13-27(37)14-16-49;/h1-8,11-12,17-18,20-21,25,27,35,37-38,41H,9-10,13-16,19,22-24H2,(H,48,52);1H2/t35-,37-,38?;/m0./s1. The van der Waals surface area contributed by atoms with Crippen molar-refractivity contribution in [2.75, 3.05) is 26.2 Å². The van der Waals surface area contributed by atoms with Crippen LogP contribution in [0.1, 0.15) is 70.4 Å². The number of alkyl carbamates (subject to hydrolysis) is 1. The average molecular weight is 843 g/mol. The number of carbonyl (C=O) groups excluding carboxylic acids is 3. The lowest BCUT2D eigenvalue weighted by atomic mass is 9.86. The summed E-state index contributed by atoms with van der Waals surface area (Å²) in [6.45, 7) is -0.322. The Bertz CT molecular complexity index is 2030. The number of hydrogen-bond acceptors (Lipinski definition) is 10. The van der Waals surface area contributed by atoms with Crippen LogP contribution in [0.3, 0.4) is 0 Å². The Morgan fingerprint density at radius 1 is 0.879 bits per heavy atom. The Kier molecular flexibility index (Phi) is 14.4. The molecular formula is C42H43Cl2F2N3O9. The van der Waals surface area contributed by atoms with E-state index in [1.807, 2.05) is 6.07 Å². The van der Waals surface area contributed by atoms with Crippen molar-refractivity contribution in [1.29, 1.82) is 0 Å². The van der Waals surface area contributed by atoms with E-state index in [9.17, 15) is 23.2 Å². The highest BCUT2D eigenvalue weighted by Crippen LogP contribution is 2.38. The lowest BCUT2D eigenvalue weighted by Gasteiger charge is -2.44. The second kappa shape index (κ2) is 19.6. The molecule has 16 heteroatoms. The van der Waals surface area contributed by atoms with Crippen LogP contribution in [0.2, 0.25) is 10.0 Å². The summed E-state index contributed by atoms with van der Waals surface area (Å²) in [5.41, 5.74) is 2.07. The normalized spacial score (nSPS) is 19.3. The predicted octanol–water partition coefficient (Wildman–Crippen LogP) is 7.77. The Morgan fingerprint density at radius 2 is 1.62 bits per heavy atom. The second-order valence-corrected chi connectivity index (χ2v) is 15.3. The number of alkyl halides is 2. The third kappa shape index (κ3) is 11.1. The second-order valence-electron chi connectivity index (χ2n) is 14.4. The first-order valence-corrected chi connectivity index (χ1v) is 19.6. The van der Waals surface area contributed by atoms with Crippen LogP contribution in [0.5, 0.6) is 11.5 Å². The van der Waals surface area contributed by atoms with Gasteiger partial charge >= 0.3 is 24.6 Å². The number of carbonyl (C=O) groups is 3. The van der Waals surface area contributed by atoms with E-state index in [0.717, 1.165) is 38.8 Å². The molecule has 0 spiro atoms. The van der Waals surface area contributed by atoms with Gasteiger partial charge in [0.2, 0.25) is 0 Å². The maximum Gasteiger partial charge on any atom is 0.408 e. The Labute approximate surface area is 344 Å². The van der Waals surface area contributed by atoms with Gasteiger partial charge in [0.05, 0.1) is 12.2 Å². The van der Waals surface area contributed by atoms with Crippen molar-refractivity contribution in [2.24, 2.45) is 11.8 Å². The summed E-state index contributed by atoms with van der Waals surface area (Å²) in [4.78, 5) is 45.5. The molecule has 1 aliphatic carbocycles. The van der Waals surface area contributed by atoms with Gasteiger partial charge in [0.25, 0.3) is 0 Å². The highest BCUT2D eigenvalue weighted by atomic mass is 35.5. The monoisotopic (exact) mass is 841 g/mol. The maximum atomic E-state index is 13.8. The summed E-state index contributed by atoms with van der Waals surface area (Å²) >= 11 is 13.0. The number of aromatic amines is 1.